The normalized spacial score (nSPS) is 14.9. The van der Waals surface area contributed by atoms with E-state index in [0.717, 1.165) is 5.56 Å². The average molecular weight is 187 g/mol. The van der Waals surface area contributed by atoms with Crippen molar-refractivity contribution in [2.45, 2.75) is 25.9 Å². The number of aromatic amines is 1. The molecule has 2 heteroatoms. The average Bonchev–Trinajstić information content (AvgIpc) is 2.76. The molecule has 0 unspecified atom stereocenters. The summed E-state index contributed by atoms with van der Waals surface area (Å²) in [4.78, 5) is 3.45. The lowest BCUT2D eigenvalue weighted by molar-refractivity contribution is 0.282. The molecule has 0 atom stereocenters. The molecule has 0 saturated heterocycles. The fourth-order valence-electron chi connectivity index (χ4n) is 2.39. The first-order valence-corrected chi connectivity index (χ1v) is 5.11. The van der Waals surface area contributed by atoms with Crippen molar-refractivity contribution in [2.24, 2.45) is 0 Å². The van der Waals surface area contributed by atoms with Gasteiger partial charge in [0.15, 0.2) is 0 Å². The zero-order valence-corrected chi connectivity index (χ0v) is 8.01. The van der Waals surface area contributed by atoms with Crippen molar-refractivity contribution in [1.29, 1.82) is 0 Å². The van der Waals surface area contributed by atoms with E-state index in [1.54, 1.807) is 0 Å². The Labute approximate surface area is 82.6 Å². The highest BCUT2D eigenvalue weighted by Gasteiger charge is 2.16. The predicted molar refractivity (Wildman–Crippen MR) is 56.2 cm³/mol. The van der Waals surface area contributed by atoms with Crippen molar-refractivity contribution in [1.82, 2.24) is 4.98 Å². The molecule has 3 rings (SSSR count). The molecule has 1 aromatic heterocycles. The Balaban J connectivity index is 2.29. The van der Waals surface area contributed by atoms with Gasteiger partial charge in [-0.05, 0) is 42.5 Å². The molecule has 72 valence electrons. The summed E-state index contributed by atoms with van der Waals surface area (Å²) >= 11 is 0. The number of fused-ring (bicyclic) bond motifs is 3. The molecule has 2 N–H and O–H groups in total. The molecule has 0 saturated carbocycles. The summed E-state index contributed by atoms with van der Waals surface area (Å²) in [5.41, 5.74) is 5.09. The number of aliphatic hydroxyl groups excluding tert-OH is 1. The third-order valence-corrected chi connectivity index (χ3v) is 3.10. The quantitative estimate of drug-likeness (QED) is 0.705. The molecule has 14 heavy (non-hydrogen) atoms. The van der Waals surface area contributed by atoms with Gasteiger partial charge in [0.25, 0.3) is 0 Å². The van der Waals surface area contributed by atoms with Crippen molar-refractivity contribution in [3.63, 3.8) is 0 Å². The van der Waals surface area contributed by atoms with Gasteiger partial charge in [0.2, 0.25) is 0 Å². The number of aliphatic hydroxyl groups is 1. The Hall–Kier alpha value is -1.28. The fourth-order valence-corrected chi connectivity index (χ4v) is 2.39. The zero-order valence-electron chi connectivity index (χ0n) is 8.01. The molecule has 1 heterocycles. The molecule has 0 bridgehead atoms. The van der Waals surface area contributed by atoms with Crippen molar-refractivity contribution >= 4 is 10.9 Å². The van der Waals surface area contributed by atoms with Crippen LogP contribution in [0.2, 0.25) is 0 Å². The maximum absolute atomic E-state index is 9.07. The number of nitrogens with one attached hydrogen (secondary N) is 1. The topological polar surface area (TPSA) is 36.0 Å². The summed E-state index contributed by atoms with van der Waals surface area (Å²) in [6, 6.07) is 6.16. The van der Waals surface area contributed by atoms with E-state index in [4.69, 9.17) is 5.11 Å². The number of aryl methyl sites for hydroxylation is 2. The molecule has 1 aliphatic carbocycles. The van der Waals surface area contributed by atoms with Gasteiger partial charge < -0.3 is 10.1 Å². The Morgan fingerprint density at radius 1 is 1.29 bits per heavy atom. The fraction of sp³-hybridized carbons (Fsp3) is 0.333. The van der Waals surface area contributed by atoms with Crippen LogP contribution in [-0.2, 0) is 19.4 Å². The van der Waals surface area contributed by atoms with Crippen LogP contribution >= 0.6 is 0 Å². The summed E-state index contributed by atoms with van der Waals surface area (Å²) in [5.74, 6) is 0. The predicted octanol–water partition coefficient (Wildman–Crippen LogP) is 2.15. The van der Waals surface area contributed by atoms with Crippen LogP contribution in [0.4, 0.5) is 0 Å². The van der Waals surface area contributed by atoms with Gasteiger partial charge in [-0.2, -0.15) is 0 Å². The SMILES string of the molecule is OCc1ccc2[nH]c3c(c2c1)CCC3. The van der Waals surface area contributed by atoms with E-state index in [9.17, 15) is 0 Å². The van der Waals surface area contributed by atoms with Crippen LogP contribution in [0.3, 0.4) is 0 Å². The Bertz CT molecular complexity index is 484. The zero-order chi connectivity index (χ0) is 9.54. The molecule has 2 nitrogen and oxygen atoms in total. The van der Waals surface area contributed by atoms with Gasteiger partial charge >= 0.3 is 0 Å². The molecule has 0 radical (unpaired) electrons. The maximum Gasteiger partial charge on any atom is 0.0682 e. The summed E-state index contributed by atoms with van der Waals surface area (Å²) in [7, 11) is 0. The van der Waals surface area contributed by atoms with Crippen LogP contribution < -0.4 is 0 Å². The monoisotopic (exact) mass is 187 g/mol. The standard InChI is InChI=1S/C12H13NO/c14-7-8-4-5-12-10(6-8)9-2-1-3-11(9)13-12/h4-6,13-14H,1-3,7H2. The minimum Gasteiger partial charge on any atom is -0.392 e. The molecule has 0 spiro atoms. The number of hydrogen-bond acceptors (Lipinski definition) is 1. The van der Waals surface area contributed by atoms with Crippen molar-refractivity contribution in [3.8, 4) is 0 Å². The number of rotatable bonds is 1. The van der Waals surface area contributed by atoms with E-state index in [1.807, 2.05) is 6.07 Å². The van der Waals surface area contributed by atoms with Gasteiger partial charge in [-0.15, -0.1) is 0 Å². The second-order valence-corrected chi connectivity index (χ2v) is 3.97. The van der Waals surface area contributed by atoms with Crippen LogP contribution in [0.1, 0.15) is 23.2 Å². The van der Waals surface area contributed by atoms with E-state index in [2.05, 4.69) is 17.1 Å². The summed E-state index contributed by atoms with van der Waals surface area (Å²) in [5, 5.41) is 10.4. The lowest BCUT2D eigenvalue weighted by Gasteiger charge is -1.97. The van der Waals surface area contributed by atoms with E-state index in [0.29, 0.717) is 0 Å². The number of benzene rings is 1. The number of H-pyrrole nitrogens is 1. The summed E-state index contributed by atoms with van der Waals surface area (Å²) in [6.07, 6.45) is 3.63. The van der Waals surface area contributed by atoms with Crippen LogP contribution in [0.25, 0.3) is 10.9 Å². The molecule has 1 aromatic carbocycles. The summed E-state index contributed by atoms with van der Waals surface area (Å²) < 4.78 is 0. The Morgan fingerprint density at radius 2 is 2.21 bits per heavy atom. The highest BCUT2D eigenvalue weighted by molar-refractivity contribution is 5.85. The smallest absolute Gasteiger partial charge is 0.0682 e. The molecular weight excluding hydrogens is 174 g/mol. The number of aromatic nitrogens is 1. The highest BCUT2D eigenvalue weighted by atomic mass is 16.3. The Kier molecular flexibility index (Phi) is 1.64. The molecule has 0 fully saturated rings. The number of hydrogen-bond donors (Lipinski definition) is 2. The van der Waals surface area contributed by atoms with Crippen molar-refractivity contribution < 1.29 is 5.11 Å². The maximum atomic E-state index is 9.07. The van der Waals surface area contributed by atoms with Crippen LogP contribution in [0.5, 0.6) is 0 Å². The van der Waals surface area contributed by atoms with E-state index >= 15 is 0 Å². The highest BCUT2D eigenvalue weighted by Crippen LogP contribution is 2.30. The van der Waals surface area contributed by atoms with E-state index < -0.39 is 0 Å². The third kappa shape index (κ3) is 1.01. The first-order valence-electron chi connectivity index (χ1n) is 5.11. The summed E-state index contributed by atoms with van der Waals surface area (Å²) in [6.45, 7) is 0.135. The van der Waals surface area contributed by atoms with Crippen molar-refractivity contribution in [3.05, 3.63) is 35.0 Å². The van der Waals surface area contributed by atoms with Crippen LogP contribution in [-0.4, -0.2) is 10.1 Å². The lowest BCUT2D eigenvalue weighted by atomic mass is 10.1. The minimum absolute atomic E-state index is 0.135. The van der Waals surface area contributed by atoms with Gasteiger partial charge in [-0.1, -0.05) is 6.07 Å². The van der Waals surface area contributed by atoms with Gasteiger partial charge in [0.05, 0.1) is 6.61 Å². The molecule has 0 amide bonds. The van der Waals surface area contributed by atoms with Gasteiger partial charge in [-0.3, -0.25) is 0 Å². The Morgan fingerprint density at radius 3 is 3.07 bits per heavy atom. The minimum atomic E-state index is 0.135. The largest absolute Gasteiger partial charge is 0.392 e. The second-order valence-electron chi connectivity index (χ2n) is 3.97. The van der Waals surface area contributed by atoms with E-state index in [1.165, 1.54) is 41.4 Å². The van der Waals surface area contributed by atoms with Crippen LogP contribution in [0, 0.1) is 0 Å². The second kappa shape index (κ2) is 2.85. The third-order valence-electron chi connectivity index (χ3n) is 3.10. The first kappa shape index (κ1) is 8.06. The molecular formula is C12H13NO. The van der Waals surface area contributed by atoms with Gasteiger partial charge in [-0.25, -0.2) is 0 Å². The molecule has 1 aliphatic rings. The first-order chi connectivity index (χ1) is 6.88. The lowest BCUT2D eigenvalue weighted by Crippen LogP contribution is -1.83. The van der Waals surface area contributed by atoms with Crippen LogP contribution in [0.15, 0.2) is 18.2 Å². The molecule has 2 aromatic rings. The van der Waals surface area contributed by atoms with Gasteiger partial charge in [0, 0.05) is 16.6 Å². The van der Waals surface area contributed by atoms with E-state index in [-0.39, 0.29) is 6.61 Å². The van der Waals surface area contributed by atoms with Crippen molar-refractivity contribution in [2.75, 3.05) is 0 Å². The molecule has 0 aliphatic heterocycles. The van der Waals surface area contributed by atoms with Gasteiger partial charge in [0.1, 0.15) is 0 Å².